The lowest BCUT2D eigenvalue weighted by molar-refractivity contribution is 0.534. The average Bonchev–Trinajstić information content (AvgIpc) is 2.87. The fourth-order valence-electron chi connectivity index (χ4n) is 2.22. The predicted molar refractivity (Wildman–Crippen MR) is 84.4 cm³/mol. The molecule has 0 spiro atoms. The van der Waals surface area contributed by atoms with Crippen LogP contribution < -0.4 is 5.32 Å². The SMILES string of the molecule is CCCNC(C)c1cccn1Cc1ccc(Br)cc1. The van der Waals surface area contributed by atoms with E-state index in [1.807, 2.05) is 0 Å². The second kappa shape index (κ2) is 6.92. The molecule has 0 radical (unpaired) electrons. The van der Waals surface area contributed by atoms with Crippen molar-refractivity contribution in [1.82, 2.24) is 9.88 Å². The normalized spacial score (nSPS) is 12.6. The fraction of sp³-hybridized carbons (Fsp3) is 0.375. The molecule has 0 bridgehead atoms. The van der Waals surface area contributed by atoms with Crippen LogP contribution >= 0.6 is 15.9 Å². The molecule has 1 heterocycles. The summed E-state index contributed by atoms with van der Waals surface area (Å²) in [4.78, 5) is 0. The molecule has 1 aromatic heterocycles. The molecule has 0 saturated carbocycles. The van der Waals surface area contributed by atoms with E-state index >= 15 is 0 Å². The third kappa shape index (κ3) is 3.95. The van der Waals surface area contributed by atoms with E-state index in [4.69, 9.17) is 0 Å². The third-order valence-electron chi connectivity index (χ3n) is 3.27. The Balaban J connectivity index is 2.08. The largest absolute Gasteiger partial charge is 0.346 e. The maximum atomic E-state index is 3.54. The molecule has 0 aliphatic carbocycles. The van der Waals surface area contributed by atoms with Gasteiger partial charge in [-0.3, -0.25) is 0 Å². The van der Waals surface area contributed by atoms with Crippen LogP contribution in [0.5, 0.6) is 0 Å². The van der Waals surface area contributed by atoms with E-state index in [-0.39, 0.29) is 0 Å². The molecule has 1 unspecified atom stereocenters. The maximum Gasteiger partial charge on any atom is 0.0473 e. The second-order valence-corrected chi connectivity index (χ2v) is 5.78. The van der Waals surface area contributed by atoms with E-state index in [2.05, 4.69) is 82.3 Å². The predicted octanol–water partition coefficient (Wildman–Crippen LogP) is 4.36. The summed E-state index contributed by atoms with van der Waals surface area (Å²) in [6.07, 6.45) is 3.32. The summed E-state index contributed by atoms with van der Waals surface area (Å²) in [6, 6.07) is 13.2. The molecule has 0 amide bonds. The number of halogens is 1. The molecule has 0 fully saturated rings. The zero-order valence-electron chi connectivity index (χ0n) is 11.6. The molecule has 102 valence electrons. The van der Waals surface area contributed by atoms with Crippen LogP contribution in [-0.2, 0) is 6.54 Å². The lowest BCUT2D eigenvalue weighted by atomic mass is 10.2. The first-order valence-electron chi connectivity index (χ1n) is 6.83. The highest BCUT2D eigenvalue weighted by Crippen LogP contribution is 2.17. The molecule has 0 aliphatic rings. The molecular weight excluding hydrogens is 300 g/mol. The summed E-state index contributed by atoms with van der Waals surface area (Å²) < 4.78 is 3.44. The van der Waals surface area contributed by atoms with Crippen LogP contribution in [-0.4, -0.2) is 11.1 Å². The molecule has 1 atom stereocenters. The van der Waals surface area contributed by atoms with Gasteiger partial charge in [-0.1, -0.05) is 35.0 Å². The lowest BCUT2D eigenvalue weighted by Crippen LogP contribution is -2.22. The minimum absolute atomic E-state index is 0.394. The van der Waals surface area contributed by atoms with Gasteiger partial charge in [0.2, 0.25) is 0 Å². The van der Waals surface area contributed by atoms with Crippen molar-refractivity contribution in [2.75, 3.05) is 6.54 Å². The highest BCUT2D eigenvalue weighted by atomic mass is 79.9. The van der Waals surface area contributed by atoms with Crippen molar-refractivity contribution < 1.29 is 0 Å². The van der Waals surface area contributed by atoms with Gasteiger partial charge in [0, 0.05) is 29.0 Å². The average molecular weight is 321 g/mol. The Morgan fingerprint density at radius 3 is 2.63 bits per heavy atom. The first kappa shape index (κ1) is 14.4. The van der Waals surface area contributed by atoms with Crippen molar-refractivity contribution >= 4 is 15.9 Å². The molecule has 2 nitrogen and oxygen atoms in total. The van der Waals surface area contributed by atoms with Crippen LogP contribution in [0.2, 0.25) is 0 Å². The molecule has 2 aromatic rings. The summed E-state index contributed by atoms with van der Waals surface area (Å²) in [6.45, 7) is 6.40. The van der Waals surface area contributed by atoms with E-state index in [0.717, 1.165) is 24.0 Å². The van der Waals surface area contributed by atoms with E-state index < -0.39 is 0 Å². The van der Waals surface area contributed by atoms with Gasteiger partial charge >= 0.3 is 0 Å². The number of aromatic nitrogens is 1. The van der Waals surface area contributed by atoms with Gasteiger partial charge in [-0.05, 0) is 49.7 Å². The molecular formula is C16H21BrN2. The van der Waals surface area contributed by atoms with Crippen molar-refractivity contribution in [3.8, 4) is 0 Å². The monoisotopic (exact) mass is 320 g/mol. The Labute approximate surface area is 124 Å². The molecule has 1 N–H and O–H groups in total. The van der Waals surface area contributed by atoms with Gasteiger partial charge in [-0.2, -0.15) is 0 Å². The highest BCUT2D eigenvalue weighted by molar-refractivity contribution is 9.10. The maximum absolute atomic E-state index is 3.54. The van der Waals surface area contributed by atoms with Crippen LogP contribution in [0.3, 0.4) is 0 Å². The van der Waals surface area contributed by atoms with E-state index in [1.54, 1.807) is 0 Å². The van der Waals surface area contributed by atoms with Gasteiger partial charge < -0.3 is 9.88 Å². The Morgan fingerprint density at radius 2 is 1.95 bits per heavy atom. The molecule has 3 heteroatoms. The molecule has 0 saturated heterocycles. The summed E-state index contributed by atoms with van der Waals surface area (Å²) >= 11 is 3.47. The summed E-state index contributed by atoms with van der Waals surface area (Å²) in [5.74, 6) is 0. The topological polar surface area (TPSA) is 17.0 Å². The number of nitrogens with zero attached hydrogens (tertiary/aromatic N) is 1. The van der Waals surface area contributed by atoms with Crippen LogP contribution in [0.4, 0.5) is 0 Å². The Morgan fingerprint density at radius 1 is 1.21 bits per heavy atom. The van der Waals surface area contributed by atoms with Crippen LogP contribution in [0.15, 0.2) is 47.1 Å². The van der Waals surface area contributed by atoms with Crippen molar-refractivity contribution in [2.45, 2.75) is 32.9 Å². The summed E-state index contributed by atoms with van der Waals surface area (Å²) in [5, 5.41) is 3.54. The minimum Gasteiger partial charge on any atom is -0.346 e. The molecule has 0 aliphatic heterocycles. The van der Waals surface area contributed by atoms with Gasteiger partial charge in [0.25, 0.3) is 0 Å². The minimum atomic E-state index is 0.394. The molecule has 19 heavy (non-hydrogen) atoms. The first-order valence-corrected chi connectivity index (χ1v) is 7.63. The number of rotatable bonds is 6. The van der Waals surface area contributed by atoms with Gasteiger partial charge in [-0.15, -0.1) is 0 Å². The number of benzene rings is 1. The van der Waals surface area contributed by atoms with Gasteiger partial charge in [-0.25, -0.2) is 0 Å². The Hall–Kier alpha value is -1.06. The molecule has 1 aromatic carbocycles. The second-order valence-electron chi connectivity index (χ2n) is 4.86. The van der Waals surface area contributed by atoms with Gasteiger partial charge in [0.05, 0.1) is 0 Å². The molecule has 2 rings (SSSR count). The van der Waals surface area contributed by atoms with E-state index in [9.17, 15) is 0 Å². The third-order valence-corrected chi connectivity index (χ3v) is 3.80. The van der Waals surface area contributed by atoms with Crippen LogP contribution in [0, 0.1) is 0 Å². The summed E-state index contributed by atoms with van der Waals surface area (Å²) in [7, 11) is 0. The van der Waals surface area contributed by atoms with Crippen molar-refractivity contribution in [2.24, 2.45) is 0 Å². The highest BCUT2D eigenvalue weighted by Gasteiger charge is 2.09. The summed E-state index contributed by atoms with van der Waals surface area (Å²) in [5.41, 5.74) is 2.67. The Kier molecular flexibility index (Phi) is 5.23. The zero-order chi connectivity index (χ0) is 13.7. The standard InChI is InChI=1S/C16H21BrN2/c1-3-10-18-13(2)16-5-4-11-19(16)12-14-6-8-15(17)9-7-14/h4-9,11,13,18H,3,10,12H2,1-2H3. The number of hydrogen-bond acceptors (Lipinski definition) is 1. The van der Waals surface area contributed by atoms with E-state index in [0.29, 0.717) is 6.04 Å². The quantitative estimate of drug-likeness (QED) is 0.836. The fourth-order valence-corrected chi connectivity index (χ4v) is 2.48. The van der Waals surface area contributed by atoms with Crippen molar-refractivity contribution in [3.63, 3.8) is 0 Å². The van der Waals surface area contributed by atoms with Crippen LogP contribution in [0.25, 0.3) is 0 Å². The van der Waals surface area contributed by atoms with Crippen molar-refractivity contribution in [3.05, 3.63) is 58.3 Å². The smallest absolute Gasteiger partial charge is 0.0473 e. The number of nitrogens with one attached hydrogen (secondary N) is 1. The lowest BCUT2D eigenvalue weighted by Gasteiger charge is -2.17. The number of hydrogen-bond donors (Lipinski definition) is 1. The van der Waals surface area contributed by atoms with Gasteiger partial charge in [0.15, 0.2) is 0 Å². The zero-order valence-corrected chi connectivity index (χ0v) is 13.2. The Bertz CT molecular complexity index is 502. The van der Waals surface area contributed by atoms with Gasteiger partial charge in [0.1, 0.15) is 0 Å². The first-order chi connectivity index (χ1) is 9.20. The van der Waals surface area contributed by atoms with E-state index in [1.165, 1.54) is 11.3 Å². The van der Waals surface area contributed by atoms with Crippen molar-refractivity contribution in [1.29, 1.82) is 0 Å². The van der Waals surface area contributed by atoms with Crippen LogP contribution in [0.1, 0.15) is 37.6 Å².